The van der Waals surface area contributed by atoms with Crippen molar-refractivity contribution in [1.82, 2.24) is 4.90 Å². The first-order valence-corrected chi connectivity index (χ1v) is 6.93. The molecule has 2 fully saturated rings. The molecule has 19 heavy (non-hydrogen) atoms. The normalized spacial score (nSPS) is 24.4. The van der Waals surface area contributed by atoms with Crippen LogP contribution in [0.4, 0.5) is 4.79 Å². The maximum Gasteiger partial charge on any atom is 0.411 e. The van der Waals surface area contributed by atoms with Crippen LogP contribution in [0.1, 0.15) is 47.0 Å². The lowest BCUT2D eigenvalue weighted by molar-refractivity contribution is -0.148. The molecule has 108 valence electrons. The first-order chi connectivity index (χ1) is 8.76. The summed E-state index contributed by atoms with van der Waals surface area (Å²) >= 11 is 0. The zero-order valence-corrected chi connectivity index (χ0v) is 12.2. The number of rotatable bonds is 2. The van der Waals surface area contributed by atoms with Crippen molar-refractivity contribution in [2.75, 3.05) is 13.2 Å². The molecule has 1 spiro atoms. The van der Waals surface area contributed by atoms with Gasteiger partial charge in [-0.3, -0.25) is 4.90 Å². The summed E-state index contributed by atoms with van der Waals surface area (Å²) in [4.78, 5) is 25.7. The SMILES string of the molecule is CCOC(=O)C1CC2(CC2)CN1C(=O)OC(C)(C)C. The van der Waals surface area contributed by atoms with E-state index in [0.717, 1.165) is 12.8 Å². The fourth-order valence-corrected chi connectivity index (χ4v) is 2.56. The van der Waals surface area contributed by atoms with Crippen LogP contribution < -0.4 is 0 Å². The molecule has 1 amide bonds. The molecule has 1 aliphatic carbocycles. The zero-order chi connectivity index (χ0) is 14.3. The summed E-state index contributed by atoms with van der Waals surface area (Å²) in [5.74, 6) is -0.308. The van der Waals surface area contributed by atoms with Crippen molar-refractivity contribution in [3.8, 4) is 0 Å². The van der Waals surface area contributed by atoms with Gasteiger partial charge in [0.2, 0.25) is 0 Å². The Hall–Kier alpha value is -1.26. The van der Waals surface area contributed by atoms with Crippen LogP contribution in [0, 0.1) is 5.41 Å². The number of hydrogen-bond acceptors (Lipinski definition) is 4. The standard InChI is InChI=1S/C14H23NO4/c1-5-18-11(16)10-8-14(6-7-14)9-15(10)12(17)19-13(2,3)4/h10H,5-9H2,1-4H3. The monoisotopic (exact) mass is 269 g/mol. The molecule has 1 saturated heterocycles. The van der Waals surface area contributed by atoms with Gasteiger partial charge in [0.15, 0.2) is 0 Å². The Morgan fingerprint density at radius 3 is 2.42 bits per heavy atom. The first-order valence-electron chi connectivity index (χ1n) is 6.93. The Kier molecular flexibility index (Phi) is 3.49. The molecule has 2 rings (SSSR count). The lowest BCUT2D eigenvalue weighted by Gasteiger charge is -2.27. The number of esters is 1. The Morgan fingerprint density at radius 2 is 1.95 bits per heavy atom. The molecule has 1 atom stereocenters. The minimum atomic E-state index is -0.546. The molecule has 1 aliphatic heterocycles. The van der Waals surface area contributed by atoms with Gasteiger partial charge in [0, 0.05) is 6.54 Å². The second-order valence-corrected chi connectivity index (χ2v) is 6.58. The van der Waals surface area contributed by atoms with E-state index in [2.05, 4.69) is 0 Å². The first kappa shape index (κ1) is 14.2. The smallest absolute Gasteiger partial charge is 0.411 e. The molecule has 0 aromatic heterocycles. The van der Waals surface area contributed by atoms with E-state index >= 15 is 0 Å². The van der Waals surface area contributed by atoms with Crippen LogP contribution in [0.5, 0.6) is 0 Å². The molecule has 0 aromatic carbocycles. The highest BCUT2D eigenvalue weighted by atomic mass is 16.6. The molecule has 0 bridgehead atoms. The lowest BCUT2D eigenvalue weighted by Crippen LogP contribution is -2.44. The van der Waals surface area contributed by atoms with Crippen LogP contribution in [-0.4, -0.2) is 41.8 Å². The van der Waals surface area contributed by atoms with Gasteiger partial charge in [-0.05, 0) is 52.4 Å². The minimum Gasteiger partial charge on any atom is -0.464 e. The van der Waals surface area contributed by atoms with E-state index in [4.69, 9.17) is 9.47 Å². The highest BCUT2D eigenvalue weighted by molar-refractivity contribution is 5.82. The van der Waals surface area contributed by atoms with Crippen LogP contribution in [0.2, 0.25) is 0 Å². The molecule has 1 saturated carbocycles. The van der Waals surface area contributed by atoms with Gasteiger partial charge in [0.25, 0.3) is 0 Å². The van der Waals surface area contributed by atoms with Crippen LogP contribution in [0.15, 0.2) is 0 Å². The van der Waals surface area contributed by atoms with Gasteiger partial charge in [-0.25, -0.2) is 9.59 Å². The fraction of sp³-hybridized carbons (Fsp3) is 0.857. The summed E-state index contributed by atoms with van der Waals surface area (Å²) in [6.45, 7) is 8.21. The van der Waals surface area contributed by atoms with E-state index < -0.39 is 17.7 Å². The Bertz CT molecular complexity index is 381. The second kappa shape index (κ2) is 4.69. The van der Waals surface area contributed by atoms with E-state index in [1.165, 1.54) is 0 Å². The van der Waals surface area contributed by atoms with Gasteiger partial charge in [-0.2, -0.15) is 0 Å². The number of carbonyl (C=O) groups excluding carboxylic acids is 2. The van der Waals surface area contributed by atoms with Gasteiger partial charge in [0.05, 0.1) is 6.61 Å². The van der Waals surface area contributed by atoms with E-state index in [1.54, 1.807) is 11.8 Å². The maximum absolute atomic E-state index is 12.2. The van der Waals surface area contributed by atoms with Gasteiger partial charge in [-0.1, -0.05) is 0 Å². The zero-order valence-electron chi connectivity index (χ0n) is 12.2. The molecule has 5 heteroatoms. The second-order valence-electron chi connectivity index (χ2n) is 6.58. The number of ether oxygens (including phenoxy) is 2. The molecule has 5 nitrogen and oxygen atoms in total. The quantitative estimate of drug-likeness (QED) is 0.722. The van der Waals surface area contributed by atoms with Crippen molar-refractivity contribution in [3.05, 3.63) is 0 Å². The minimum absolute atomic E-state index is 0.147. The molecule has 0 N–H and O–H groups in total. The summed E-state index contributed by atoms with van der Waals surface area (Å²) in [5, 5.41) is 0. The summed E-state index contributed by atoms with van der Waals surface area (Å²) in [7, 11) is 0. The average Bonchev–Trinajstić information content (AvgIpc) is 2.87. The Labute approximate surface area is 114 Å². The Balaban J connectivity index is 2.07. The molecule has 2 aliphatic rings. The number of amides is 1. The highest BCUT2D eigenvalue weighted by Gasteiger charge is 2.56. The molecular weight excluding hydrogens is 246 g/mol. The third kappa shape index (κ3) is 3.19. The van der Waals surface area contributed by atoms with Crippen LogP contribution in [0.25, 0.3) is 0 Å². The van der Waals surface area contributed by atoms with Gasteiger partial charge < -0.3 is 9.47 Å². The van der Waals surface area contributed by atoms with E-state index in [-0.39, 0.29) is 11.4 Å². The molecule has 1 heterocycles. The van der Waals surface area contributed by atoms with Crippen LogP contribution in [0.3, 0.4) is 0 Å². The maximum atomic E-state index is 12.2. The van der Waals surface area contributed by atoms with E-state index in [0.29, 0.717) is 19.6 Å². The largest absolute Gasteiger partial charge is 0.464 e. The van der Waals surface area contributed by atoms with Crippen LogP contribution >= 0.6 is 0 Å². The number of carbonyl (C=O) groups is 2. The van der Waals surface area contributed by atoms with E-state index in [9.17, 15) is 9.59 Å². The number of hydrogen-bond donors (Lipinski definition) is 0. The lowest BCUT2D eigenvalue weighted by atomic mass is 10.0. The fourth-order valence-electron chi connectivity index (χ4n) is 2.56. The summed E-state index contributed by atoms with van der Waals surface area (Å²) < 4.78 is 10.4. The molecular formula is C14H23NO4. The van der Waals surface area contributed by atoms with Crippen molar-refractivity contribution in [2.24, 2.45) is 5.41 Å². The molecule has 0 radical (unpaired) electrons. The van der Waals surface area contributed by atoms with Gasteiger partial charge in [-0.15, -0.1) is 0 Å². The van der Waals surface area contributed by atoms with Crippen molar-refractivity contribution < 1.29 is 19.1 Å². The predicted octanol–water partition coefficient (Wildman–Crippen LogP) is 2.34. The van der Waals surface area contributed by atoms with Crippen molar-refractivity contribution >= 4 is 12.1 Å². The third-order valence-corrected chi connectivity index (χ3v) is 3.65. The predicted molar refractivity (Wildman–Crippen MR) is 69.6 cm³/mol. The summed E-state index contributed by atoms with van der Waals surface area (Å²) in [6.07, 6.45) is 2.48. The highest BCUT2D eigenvalue weighted by Crippen LogP contribution is 2.55. The van der Waals surface area contributed by atoms with Gasteiger partial charge >= 0.3 is 12.1 Å². The average molecular weight is 269 g/mol. The van der Waals surface area contributed by atoms with Gasteiger partial charge in [0.1, 0.15) is 11.6 Å². The summed E-state index contributed by atoms with van der Waals surface area (Å²) in [5.41, 5.74) is -0.399. The molecule has 1 unspecified atom stereocenters. The third-order valence-electron chi connectivity index (χ3n) is 3.65. The van der Waals surface area contributed by atoms with Crippen molar-refractivity contribution in [3.63, 3.8) is 0 Å². The number of nitrogens with zero attached hydrogens (tertiary/aromatic N) is 1. The Morgan fingerprint density at radius 1 is 1.32 bits per heavy atom. The number of likely N-dealkylation sites (tertiary alicyclic amines) is 1. The van der Waals surface area contributed by atoms with E-state index in [1.807, 2.05) is 20.8 Å². The van der Waals surface area contributed by atoms with Crippen molar-refractivity contribution in [1.29, 1.82) is 0 Å². The summed E-state index contributed by atoms with van der Waals surface area (Å²) in [6, 6.07) is -0.475. The van der Waals surface area contributed by atoms with Crippen molar-refractivity contribution in [2.45, 2.75) is 58.6 Å². The molecule has 0 aromatic rings. The topological polar surface area (TPSA) is 55.8 Å². The van der Waals surface area contributed by atoms with Crippen LogP contribution in [-0.2, 0) is 14.3 Å².